The highest BCUT2D eigenvalue weighted by Gasteiger charge is 2.34. The van der Waals surface area contributed by atoms with Crippen molar-refractivity contribution in [1.29, 1.82) is 0 Å². The number of rotatable bonds is 10. The van der Waals surface area contributed by atoms with E-state index in [2.05, 4.69) is 0 Å². The van der Waals surface area contributed by atoms with Gasteiger partial charge < -0.3 is 9.84 Å². The third kappa shape index (κ3) is 5.47. The first-order chi connectivity index (χ1) is 16.8. The summed E-state index contributed by atoms with van der Waals surface area (Å²) in [6.07, 6.45) is 0. The van der Waals surface area contributed by atoms with Gasteiger partial charge in [0.15, 0.2) is 9.84 Å². The number of nitrogens with zero attached hydrogens (tertiary/aromatic N) is 1. The Bertz CT molecular complexity index is 1350. The number of aromatic carboxylic acids is 1. The van der Waals surface area contributed by atoms with Gasteiger partial charge in [-0.1, -0.05) is 48.5 Å². The van der Waals surface area contributed by atoms with Gasteiger partial charge in [0, 0.05) is 0 Å². The number of benzene rings is 3. The molecule has 1 aliphatic rings. The zero-order valence-electron chi connectivity index (χ0n) is 18.7. The molecule has 3 aromatic rings. The van der Waals surface area contributed by atoms with Crippen LogP contribution in [0.1, 0.15) is 36.6 Å². The molecule has 0 atom stereocenters. The highest BCUT2D eigenvalue weighted by molar-refractivity contribution is 7.90. The van der Waals surface area contributed by atoms with Gasteiger partial charge in [-0.25, -0.2) is 13.2 Å². The highest BCUT2D eigenvalue weighted by Crippen LogP contribution is 2.25. The zero-order chi connectivity index (χ0) is 25.0. The maximum atomic E-state index is 12.7. The number of amides is 2. The normalized spacial score (nSPS) is 13.2. The van der Waals surface area contributed by atoms with Crippen molar-refractivity contribution in [3.05, 3.63) is 95.1 Å². The third-order valence-electron chi connectivity index (χ3n) is 5.69. The standard InChI is InChI=1S/C26H23NO7S/c28-24-22-8-4-5-9-23(22)25(29)27(24)12-13-34-14-15-35(32,33)17-20-16-19(10-11-21(20)26(30)31)18-6-2-1-3-7-18/h1-11,16H,12-15,17H2,(H,30,31). The number of hydrogen-bond donors (Lipinski definition) is 1. The predicted molar refractivity (Wildman–Crippen MR) is 129 cm³/mol. The van der Waals surface area contributed by atoms with Gasteiger partial charge in [0.1, 0.15) is 0 Å². The van der Waals surface area contributed by atoms with E-state index < -0.39 is 33.4 Å². The third-order valence-corrected chi connectivity index (χ3v) is 7.23. The van der Waals surface area contributed by atoms with Crippen LogP contribution in [0.2, 0.25) is 0 Å². The van der Waals surface area contributed by atoms with Crippen molar-refractivity contribution in [2.45, 2.75) is 5.75 Å². The lowest BCUT2D eigenvalue weighted by molar-refractivity contribution is 0.0574. The van der Waals surface area contributed by atoms with Crippen molar-refractivity contribution in [2.75, 3.05) is 25.5 Å². The summed E-state index contributed by atoms with van der Waals surface area (Å²) >= 11 is 0. The first-order valence-electron chi connectivity index (χ1n) is 10.9. The number of imide groups is 1. The minimum absolute atomic E-state index is 0.00861. The summed E-state index contributed by atoms with van der Waals surface area (Å²) in [5.74, 6) is -2.78. The molecule has 1 heterocycles. The molecule has 4 rings (SSSR count). The molecule has 0 fully saturated rings. The molecule has 0 aromatic heterocycles. The lowest BCUT2D eigenvalue weighted by Gasteiger charge is -2.14. The van der Waals surface area contributed by atoms with Gasteiger partial charge in [0.2, 0.25) is 0 Å². The summed E-state index contributed by atoms with van der Waals surface area (Å²) in [7, 11) is -3.69. The maximum absolute atomic E-state index is 12.7. The predicted octanol–water partition coefficient (Wildman–Crippen LogP) is 3.28. The van der Waals surface area contributed by atoms with Crippen molar-refractivity contribution in [1.82, 2.24) is 4.90 Å². The van der Waals surface area contributed by atoms with E-state index in [0.717, 1.165) is 16.0 Å². The first-order valence-corrected chi connectivity index (χ1v) is 12.7. The van der Waals surface area contributed by atoms with Crippen LogP contribution in [0.15, 0.2) is 72.8 Å². The lowest BCUT2D eigenvalue weighted by atomic mass is 10.00. The highest BCUT2D eigenvalue weighted by atomic mass is 32.2. The monoisotopic (exact) mass is 493 g/mol. The molecule has 1 N–H and O–H groups in total. The molecule has 1 aliphatic heterocycles. The van der Waals surface area contributed by atoms with Crippen LogP contribution in [0, 0.1) is 0 Å². The summed E-state index contributed by atoms with van der Waals surface area (Å²) in [5.41, 5.74) is 2.38. The number of carboxylic acid groups (broad SMARTS) is 1. The summed E-state index contributed by atoms with van der Waals surface area (Å²) in [6, 6.07) is 20.4. The summed E-state index contributed by atoms with van der Waals surface area (Å²) < 4.78 is 30.8. The van der Waals surface area contributed by atoms with Gasteiger partial charge in [-0.2, -0.15) is 0 Å². The topological polar surface area (TPSA) is 118 Å². The van der Waals surface area contributed by atoms with E-state index in [1.54, 1.807) is 36.4 Å². The fourth-order valence-electron chi connectivity index (χ4n) is 3.93. The Balaban J connectivity index is 1.34. The second-order valence-electron chi connectivity index (χ2n) is 8.06. The molecule has 9 heteroatoms. The molecule has 0 saturated carbocycles. The number of carbonyl (C=O) groups excluding carboxylic acids is 2. The lowest BCUT2D eigenvalue weighted by Crippen LogP contribution is -2.33. The van der Waals surface area contributed by atoms with E-state index in [4.69, 9.17) is 4.74 Å². The Morgan fingerprint density at radius 2 is 1.46 bits per heavy atom. The van der Waals surface area contributed by atoms with Gasteiger partial charge >= 0.3 is 5.97 Å². The van der Waals surface area contributed by atoms with Gasteiger partial charge in [0.25, 0.3) is 11.8 Å². The molecule has 2 amide bonds. The molecule has 0 bridgehead atoms. The minimum Gasteiger partial charge on any atom is -0.478 e. The number of carboxylic acids is 1. The van der Waals surface area contributed by atoms with Gasteiger partial charge in [-0.05, 0) is 41.0 Å². The van der Waals surface area contributed by atoms with Gasteiger partial charge in [0.05, 0.1) is 48.0 Å². The quantitative estimate of drug-likeness (QED) is 0.340. The molecule has 35 heavy (non-hydrogen) atoms. The molecule has 0 saturated heterocycles. The second kappa shape index (κ2) is 10.2. The van der Waals surface area contributed by atoms with Crippen LogP contribution >= 0.6 is 0 Å². The van der Waals surface area contributed by atoms with E-state index >= 15 is 0 Å². The van der Waals surface area contributed by atoms with E-state index in [-0.39, 0.29) is 36.6 Å². The smallest absolute Gasteiger partial charge is 0.335 e. The van der Waals surface area contributed by atoms with E-state index in [1.807, 2.05) is 30.3 Å². The number of hydrogen-bond acceptors (Lipinski definition) is 6. The van der Waals surface area contributed by atoms with E-state index in [0.29, 0.717) is 11.1 Å². The number of carbonyl (C=O) groups is 3. The van der Waals surface area contributed by atoms with Crippen LogP contribution < -0.4 is 0 Å². The van der Waals surface area contributed by atoms with Crippen molar-refractivity contribution in [3.63, 3.8) is 0 Å². The van der Waals surface area contributed by atoms with E-state index in [1.165, 1.54) is 6.07 Å². The maximum Gasteiger partial charge on any atom is 0.335 e. The molecule has 3 aromatic carbocycles. The average molecular weight is 494 g/mol. The van der Waals surface area contributed by atoms with Crippen LogP contribution in [-0.4, -0.2) is 61.7 Å². The second-order valence-corrected chi connectivity index (χ2v) is 10.2. The fourth-order valence-corrected chi connectivity index (χ4v) is 5.16. The van der Waals surface area contributed by atoms with Crippen LogP contribution in [0.5, 0.6) is 0 Å². The van der Waals surface area contributed by atoms with Crippen LogP contribution in [-0.2, 0) is 20.3 Å². The molecule has 8 nitrogen and oxygen atoms in total. The summed E-state index contributed by atoms with van der Waals surface area (Å²) in [4.78, 5) is 37.4. The Morgan fingerprint density at radius 1 is 0.829 bits per heavy atom. The van der Waals surface area contributed by atoms with Crippen molar-refractivity contribution >= 4 is 27.6 Å². The molecule has 0 unspecified atom stereocenters. The Kier molecular flexibility index (Phi) is 7.09. The Hall–Kier alpha value is -3.82. The summed E-state index contributed by atoms with van der Waals surface area (Å²) in [5, 5.41) is 9.50. The van der Waals surface area contributed by atoms with Crippen molar-refractivity contribution in [3.8, 4) is 11.1 Å². The first kappa shape index (κ1) is 24.3. The fraction of sp³-hybridized carbons (Fsp3) is 0.192. The number of fused-ring (bicyclic) bond motifs is 1. The molecular formula is C26H23NO7S. The Labute approximate surface area is 202 Å². The van der Waals surface area contributed by atoms with Gasteiger partial charge in [-0.15, -0.1) is 0 Å². The van der Waals surface area contributed by atoms with Crippen LogP contribution in [0.3, 0.4) is 0 Å². The SMILES string of the molecule is O=C(O)c1ccc(-c2ccccc2)cc1CS(=O)(=O)CCOCCN1C(=O)c2ccccc2C1=O. The molecule has 0 spiro atoms. The van der Waals surface area contributed by atoms with Crippen molar-refractivity contribution < 1.29 is 32.6 Å². The molecule has 0 aliphatic carbocycles. The molecule has 0 radical (unpaired) electrons. The zero-order valence-corrected chi connectivity index (χ0v) is 19.5. The Morgan fingerprint density at radius 3 is 2.09 bits per heavy atom. The average Bonchev–Trinajstić information content (AvgIpc) is 3.09. The van der Waals surface area contributed by atoms with E-state index in [9.17, 15) is 27.9 Å². The number of sulfone groups is 1. The van der Waals surface area contributed by atoms with Crippen LogP contribution in [0.4, 0.5) is 0 Å². The summed E-state index contributed by atoms with van der Waals surface area (Å²) in [6.45, 7) is -0.147. The van der Waals surface area contributed by atoms with Crippen molar-refractivity contribution in [2.24, 2.45) is 0 Å². The largest absolute Gasteiger partial charge is 0.478 e. The van der Waals surface area contributed by atoms with Crippen LogP contribution in [0.25, 0.3) is 11.1 Å². The van der Waals surface area contributed by atoms with Gasteiger partial charge in [-0.3, -0.25) is 14.5 Å². The molecule has 180 valence electrons. The molecular weight excluding hydrogens is 470 g/mol. The number of ether oxygens (including phenoxy) is 1. The minimum atomic E-state index is -3.69.